The Morgan fingerprint density at radius 3 is 2.27 bits per heavy atom. The molecule has 0 bridgehead atoms. The number of nitrogens with two attached hydrogens (primary N) is 1. The van der Waals surface area contributed by atoms with Crippen molar-refractivity contribution >= 4 is 39.1 Å². The molecule has 1 atom stereocenters. The average molecular weight is 596 g/mol. The van der Waals surface area contributed by atoms with Gasteiger partial charge in [0.1, 0.15) is 15.4 Å². The van der Waals surface area contributed by atoms with Crippen LogP contribution < -0.4 is 11.1 Å². The molecule has 3 N–H and O–H groups in total. The summed E-state index contributed by atoms with van der Waals surface area (Å²) >= 11 is 0.610. The molecule has 0 aliphatic heterocycles. The summed E-state index contributed by atoms with van der Waals surface area (Å²) in [5.41, 5.74) is 4.89. The van der Waals surface area contributed by atoms with Gasteiger partial charge in [-0.25, -0.2) is 4.98 Å². The van der Waals surface area contributed by atoms with Crippen LogP contribution >= 0.6 is 11.3 Å². The van der Waals surface area contributed by atoms with Gasteiger partial charge in [0.15, 0.2) is 5.69 Å². The van der Waals surface area contributed by atoms with Crippen molar-refractivity contribution in [2.75, 3.05) is 5.32 Å². The summed E-state index contributed by atoms with van der Waals surface area (Å²) in [4.78, 5) is 29.0. The molecule has 0 radical (unpaired) electrons. The molecule has 7 nitrogen and oxygen atoms in total. The quantitative estimate of drug-likeness (QED) is 0.231. The van der Waals surface area contributed by atoms with Crippen LogP contribution in [0.15, 0.2) is 36.4 Å². The second-order valence-electron chi connectivity index (χ2n) is 10.1. The van der Waals surface area contributed by atoms with Crippen LogP contribution in [0.1, 0.15) is 58.0 Å². The van der Waals surface area contributed by atoms with Crippen molar-refractivity contribution in [3.8, 4) is 11.1 Å². The van der Waals surface area contributed by atoms with Crippen LogP contribution in [0.2, 0.25) is 0 Å². The lowest BCUT2D eigenvalue weighted by atomic mass is 9.99. The summed E-state index contributed by atoms with van der Waals surface area (Å²) in [5, 5.41) is 6.37. The smallest absolute Gasteiger partial charge is 0.365 e. The largest absolute Gasteiger partial charge is 0.435 e. The number of aryl methyl sites for hydroxylation is 1. The topological polar surface area (TPSA) is 103 Å². The van der Waals surface area contributed by atoms with Gasteiger partial charge in [0.2, 0.25) is 5.91 Å². The Hall–Kier alpha value is -3.94. The number of anilines is 1. The summed E-state index contributed by atoms with van der Waals surface area (Å²) < 4.78 is 82.3. The first-order valence-corrected chi connectivity index (χ1v) is 13.3. The number of carbonyl (C=O) groups excluding carboxylic acids is 2. The number of fused-ring (bicyclic) bond motifs is 1. The maximum absolute atomic E-state index is 13.7. The number of aromatic nitrogens is 3. The summed E-state index contributed by atoms with van der Waals surface area (Å²) in [6.45, 7) is 3.09. The number of hydrogen-bond donors (Lipinski definition) is 2. The summed E-state index contributed by atoms with van der Waals surface area (Å²) in [5.74, 6) is -2.69. The van der Waals surface area contributed by atoms with Gasteiger partial charge in [0, 0.05) is 17.0 Å². The molecule has 216 valence electrons. The van der Waals surface area contributed by atoms with E-state index in [2.05, 4.69) is 15.4 Å². The normalized spacial score (nSPS) is 14.8. The number of nitrogens with zero attached hydrogens (tertiary/aromatic N) is 3. The number of pyridine rings is 1. The maximum Gasteiger partial charge on any atom is 0.435 e. The number of halogens is 6. The van der Waals surface area contributed by atoms with E-state index in [0.29, 0.717) is 35.4 Å². The summed E-state index contributed by atoms with van der Waals surface area (Å²) in [6, 6.07) is 8.44. The lowest BCUT2D eigenvalue weighted by molar-refractivity contribution is -0.142. The van der Waals surface area contributed by atoms with E-state index in [1.54, 1.807) is 24.3 Å². The number of nitrogens with one attached hydrogen (secondary N) is 1. The first-order chi connectivity index (χ1) is 19.1. The molecular weight excluding hydrogens is 572 g/mol. The lowest BCUT2D eigenvalue weighted by Gasteiger charge is -2.16. The summed E-state index contributed by atoms with van der Waals surface area (Å²) in [6.07, 6.45) is -8.02. The molecular formula is C27H23F6N5O2S. The standard InChI is InChI=1S/C27H23F6N5O2S/c1-12-3-5-14(6-4-12)16-9-18(26(28,29)30)35-25-20(16)21(22(41-25)23(34)39)36-24(40)13(2)11-38-17(15-7-8-15)10-19(37-38)27(31,32)33/h3-6,9-10,13,15H,7-8,11H2,1-2H3,(H2,34,39)(H,36,40). The van der Waals surface area contributed by atoms with E-state index in [1.807, 2.05) is 6.92 Å². The Labute approximate surface area is 233 Å². The fourth-order valence-corrected chi connectivity index (χ4v) is 5.52. The van der Waals surface area contributed by atoms with Crippen LogP contribution in [0.3, 0.4) is 0 Å². The zero-order valence-electron chi connectivity index (χ0n) is 21.7. The van der Waals surface area contributed by atoms with Gasteiger partial charge < -0.3 is 11.1 Å². The first-order valence-electron chi connectivity index (χ1n) is 12.5. The number of rotatable bonds is 7. The Morgan fingerprint density at radius 2 is 1.71 bits per heavy atom. The molecule has 1 fully saturated rings. The van der Waals surface area contributed by atoms with Gasteiger partial charge >= 0.3 is 12.4 Å². The molecule has 4 aromatic rings. The third-order valence-corrected chi connectivity index (χ3v) is 7.88. The first kappa shape index (κ1) is 28.6. The summed E-state index contributed by atoms with van der Waals surface area (Å²) in [7, 11) is 0. The zero-order chi connectivity index (χ0) is 29.9. The Morgan fingerprint density at radius 1 is 1.07 bits per heavy atom. The predicted octanol–water partition coefficient (Wildman–Crippen LogP) is 6.76. The third kappa shape index (κ3) is 5.78. The number of alkyl halides is 6. The van der Waals surface area contributed by atoms with Crippen molar-refractivity contribution in [1.82, 2.24) is 14.8 Å². The van der Waals surface area contributed by atoms with Crippen LogP contribution in [0, 0.1) is 12.8 Å². The van der Waals surface area contributed by atoms with E-state index < -0.39 is 41.5 Å². The third-order valence-electron chi connectivity index (χ3n) is 6.78. The molecule has 0 saturated heterocycles. The van der Waals surface area contributed by atoms with Crippen molar-refractivity contribution in [1.29, 1.82) is 0 Å². The minimum Gasteiger partial charge on any atom is -0.365 e. The van der Waals surface area contributed by atoms with Crippen molar-refractivity contribution in [3.05, 3.63) is 63.9 Å². The maximum atomic E-state index is 13.7. The number of primary amides is 1. The Balaban J connectivity index is 1.55. The molecule has 0 spiro atoms. The van der Waals surface area contributed by atoms with Gasteiger partial charge in [-0.1, -0.05) is 36.8 Å². The van der Waals surface area contributed by atoms with Gasteiger partial charge in [-0.2, -0.15) is 31.4 Å². The SMILES string of the molecule is Cc1ccc(-c2cc(C(F)(F)F)nc3sc(C(N)=O)c(NC(=O)C(C)Cn4nc(C(F)(F)F)cc4C4CC4)c23)cc1. The number of amides is 2. The van der Waals surface area contributed by atoms with Crippen molar-refractivity contribution in [2.24, 2.45) is 11.7 Å². The second-order valence-corrected chi connectivity index (χ2v) is 11.1. The molecule has 14 heteroatoms. The van der Waals surface area contributed by atoms with Crippen molar-refractivity contribution < 1.29 is 35.9 Å². The highest BCUT2D eigenvalue weighted by atomic mass is 32.1. The average Bonchev–Trinajstić information content (AvgIpc) is 3.52. The molecule has 1 saturated carbocycles. The number of benzene rings is 1. The van der Waals surface area contributed by atoms with E-state index in [-0.39, 0.29) is 38.8 Å². The van der Waals surface area contributed by atoms with Crippen LogP contribution in [0.5, 0.6) is 0 Å². The second kappa shape index (κ2) is 10.2. The minimum absolute atomic E-state index is 0.0759. The van der Waals surface area contributed by atoms with E-state index in [9.17, 15) is 35.9 Å². The van der Waals surface area contributed by atoms with Crippen molar-refractivity contribution in [3.63, 3.8) is 0 Å². The predicted molar refractivity (Wildman–Crippen MR) is 140 cm³/mol. The molecule has 1 aliphatic rings. The molecule has 3 heterocycles. The lowest BCUT2D eigenvalue weighted by Crippen LogP contribution is -2.26. The fraction of sp³-hybridized carbons (Fsp3) is 0.333. The van der Waals surface area contributed by atoms with E-state index >= 15 is 0 Å². The Bertz CT molecular complexity index is 1650. The number of carbonyl (C=O) groups is 2. The molecule has 3 aromatic heterocycles. The van der Waals surface area contributed by atoms with Gasteiger partial charge in [-0.05, 0) is 43.0 Å². The van der Waals surface area contributed by atoms with Gasteiger partial charge in [-0.15, -0.1) is 11.3 Å². The highest BCUT2D eigenvalue weighted by Crippen LogP contribution is 2.44. The molecule has 1 aromatic carbocycles. The van der Waals surface area contributed by atoms with Crippen LogP contribution in [-0.2, 0) is 23.7 Å². The number of thiophene rings is 1. The fourth-order valence-electron chi connectivity index (χ4n) is 4.51. The number of hydrogen-bond acceptors (Lipinski definition) is 5. The highest BCUT2D eigenvalue weighted by Gasteiger charge is 2.39. The van der Waals surface area contributed by atoms with Gasteiger partial charge in [0.05, 0.1) is 18.2 Å². The zero-order valence-corrected chi connectivity index (χ0v) is 22.5. The van der Waals surface area contributed by atoms with Crippen molar-refractivity contribution in [2.45, 2.75) is 51.5 Å². The van der Waals surface area contributed by atoms with Crippen LogP contribution in [-0.4, -0.2) is 26.6 Å². The van der Waals surface area contributed by atoms with Gasteiger partial charge in [-0.3, -0.25) is 14.3 Å². The molecule has 1 aliphatic carbocycles. The molecule has 2 amide bonds. The van der Waals surface area contributed by atoms with E-state index in [1.165, 1.54) is 11.6 Å². The van der Waals surface area contributed by atoms with Gasteiger partial charge in [0.25, 0.3) is 5.91 Å². The monoisotopic (exact) mass is 595 g/mol. The van der Waals surface area contributed by atoms with E-state index in [0.717, 1.165) is 17.7 Å². The van der Waals surface area contributed by atoms with Crippen LogP contribution in [0.25, 0.3) is 21.3 Å². The van der Waals surface area contributed by atoms with E-state index in [4.69, 9.17) is 5.73 Å². The molecule has 5 rings (SSSR count). The van der Waals surface area contributed by atoms with Crippen LogP contribution in [0.4, 0.5) is 32.0 Å². The Kier molecular flexibility index (Phi) is 7.08. The highest BCUT2D eigenvalue weighted by molar-refractivity contribution is 7.21. The minimum atomic E-state index is -4.79. The molecule has 41 heavy (non-hydrogen) atoms. The molecule has 1 unspecified atom stereocenters.